The van der Waals surface area contributed by atoms with E-state index in [2.05, 4.69) is 112 Å². The average molecular weight is 711 g/mol. The van der Waals surface area contributed by atoms with E-state index in [4.69, 9.17) is 13.8 Å². The quantitative estimate of drug-likeness (QED) is 0.182. The van der Waals surface area contributed by atoms with Crippen LogP contribution in [0.2, 0.25) is 0 Å². The normalized spacial score (nSPS) is 14.1. The van der Waals surface area contributed by atoms with Crippen LogP contribution in [-0.2, 0) is 0 Å². The molecule has 0 fully saturated rings. The maximum absolute atomic E-state index is 8.18. The molecule has 1 aliphatic heterocycles. The van der Waals surface area contributed by atoms with Crippen LogP contribution >= 0.6 is 0 Å². The Kier molecular flexibility index (Phi) is 5.63. The summed E-state index contributed by atoms with van der Waals surface area (Å²) in [4.78, 5) is 8.61. The number of anilines is 3. The van der Waals surface area contributed by atoms with Gasteiger partial charge in [0.2, 0.25) is 0 Å². The van der Waals surface area contributed by atoms with Gasteiger partial charge in [-0.15, -0.1) is 0 Å². The van der Waals surface area contributed by atoms with Gasteiger partial charge < -0.3 is 18.9 Å². The lowest BCUT2D eigenvalue weighted by molar-refractivity contribution is 0.483. The van der Waals surface area contributed by atoms with E-state index in [1.165, 1.54) is 15.7 Å². The number of ether oxygens (including phenoxy) is 1. The van der Waals surface area contributed by atoms with Gasteiger partial charge in [-0.1, -0.05) is 84.9 Å². The first-order valence-corrected chi connectivity index (χ1v) is 18.5. The Labute approximate surface area is 320 Å². The molecule has 0 amide bonds. The van der Waals surface area contributed by atoms with E-state index >= 15 is 0 Å². The van der Waals surface area contributed by atoms with Crippen molar-refractivity contribution in [2.45, 2.75) is 0 Å². The van der Waals surface area contributed by atoms with E-state index in [-0.39, 0.29) is 6.67 Å². The monoisotopic (exact) mass is 710 g/mol. The summed E-state index contributed by atoms with van der Waals surface area (Å²) in [5.74, 6) is 1.32. The largest absolute Gasteiger partial charge is 0.457 e. The maximum atomic E-state index is 8.18. The highest BCUT2D eigenvalue weighted by Crippen LogP contribution is 2.44. The van der Waals surface area contributed by atoms with Crippen molar-refractivity contribution in [3.8, 4) is 22.6 Å². The van der Waals surface area contributed by atoms with Gasteiger partial charge in [-0.3, -0.25) is 4.40 Å². The molecule has 55 heavy (non-hydrogen) atoms. The molecule has 0 saturated carbocycles. The molecule has 6 nitrogen and oxygen atoms in total. The summed E-state index contributed by atoms with van der Waals surface area (Å²) in [5, 5.41) is 6.77. The maximum Gasteiger partial charge on any atom is 0.145 e. The second-order valence-corrected chi connectivity index (χ2v) is 14.3. The number of fused-ring (bicyclic) bond motifs is 11. The Balaban J connectivity index is 1.12. The van der Waals surface area contributed by atoms with Gasteiger partial charge in [-0.25, -0.2) is 4.98 Å². The SMILES string of the molecule is [2H]C([2H])([2H])N1CN(c2cccc(Oc3ccc4c5cc(-c6ccccc6)cc6c5n(c4c3)c3ncccc3c3cccc4c5ccccc5n6c43)c2)c2ccccc21. The molecule has 260 valence electrons. The van der Waals surface area contributed by atoms with Crippen LogP contribution in [0.4, 0.5) is 17.1 Å². The van der Waals surface area contributed by atoms with Crippen molar-refractivity contribution in [2.75, 3.05) is 23.4 Å². The molecule has 6 heteroatoms. The van der Waals surface area contributed by atoms with Crippen LogP contribution in [0.5, 0.6) is 11.5 Å². The topological polar surface area (TPSA) is 37.4 Å². The number of hydrogen-bond acceptors (Lipinski definition) is 4. The molecule has 0 unspecified atom stereocenters. The van der Waals surface area contributed by atoms with Crippen LogP contribution in [0.15, 0.2) is 170 Å². The van der Waals surface area contributed by atoms with Crippen LogP contribution in [0.3, 0.4) is 0 Å². The molecular weight excluding hydrogens is 675 g/mol. The van der Waals surface area contributed by atoms with Gasteiger partial charge in [-0.05, 0) is 77.9 Å². The fraction of sp³-hybridized carbons (Fsp3) is 0.0408. The highest BCUT2D eigenvalue weighted by molar-refractivity contribution is 6.23. The fourth-order valence-electron chi connectivity index (χ4n) is 8.91. The predicted octanol–water partition coefficient (Wildman–Crippen LogP) is 12.4. The Morgan fingerprint density at radius 3 is 2.16 bits per heavy atom. The van der Waals surface area contributed by atoms with Crippen molar-refractivity contribution < 1.29 is 8.85 Å². The molecule has 0 saturated heterocycles. The number of benzene rings is 7. The minimum Gasteiger partial charge on any atom is -0.457 e. The van der Waals surface area contributed by atoms with E-state index in [1.807, 2.05) is 71.8 Å². The van der Waals surface area contributed by atoms with Crippen molar-refractivity contribution in [1.29, 1.82) is 0 Å². The van der Waals surface area contributed by atoms with Crippen LogP contribution in [0.1, 0.15) is 4.11 Å². The second-order valence-electron chi connectivity index (χ2n) is 14.3. The smallest absolute Gasteiger partial charge is 0.145 e. The number of pyridine rings is 1. The summed E-state index contributed by atoms with van der Waals surface area (Å²) in [6, 6.07) is 56.5. The lowest BCUT2D eigenvalue weighted by atomic mass is 10.0. The van der Waals surface area contributed by atoms with Crippen LogP contribution in [0.25, 0.3) is 76.7 Å². The number of nitrogens with zero attached hydrogens (tertiary/aromatic N) is 5. The molecule has 0 N–H and O–H groups in total. The van der Waals surface area contributed by atoms with Gasteiger partial charge >= 0.3 is 0 Å². The summed E-state index contributed by atoms with van der Waals surface area (Å²) in [5.41, 5.74) is 10.9. The van der Waals surface area contributed by atoms with E-state index in [0.717, 1.165) is 77.3 Å². The van der Waals surface area contributed by atoms with E-state index < -0.39 is 6.98 Å². The molecule has 11 aromatic rings. The van der Waals surface area contributed by atoms with Crippen molar-refractivity contribution in [3.63, 3.8) is 0 Å². The molecule has 5 heterocycles. The fourth-order valence-corrected chi connectivity index (χ4v) is 8.91. The zero-order chi connectivity index (χ0) is 38.7. The molecule has 4 aromatic heterocycles. The standard InChI is InChI=1S/C49H33N5O/c1-51-30-52(44-22-8-7-21-43(44)51)33-14-9-15-34(28-33)55-35-23-24-37-41-26-32(31-12-3-2-4-13-31)27-46-48(41)54(45(37)29-35)49-40(19-11-25-50-49)39-18-10-17-38-36-16-5-6-20-42(36)53(46)47(38)39/h2-29H,30H2,1H3/i1D3. The number of aromatic nitrogens is 3. The van der Waals surface area contributed by atoms with Gasteiger partial charge in [0.15, 0.2) is 0 Å². The molecule has 0 radical (unpaired) electrons. The van der Waals surface area contributed by atoms with Crippen molar-refractivity contribution in [2.24, 2.45) is 0 Å². The highest BCUT2D eigenvalue weighted by atomic mass is 16.5. The number of para-hydroxylation sites is 4. The van der Waals surface area contributed by atoms with E-state index in [9.17, 15) is 0 Å². The molecule has 0 spiro atoms. The predicted molar refractivity (Wildman–Crippen MR) is 227 cm³/mol. The average Bonchev–Trinajstić information content (AvgIpc) is 3.92. The zero-order valence-electron chi connectivity index (χ0n) is 32.5. The third kappa shape index (κ3) is 4.33. The van der Waals surface area contributed by atoms with Gasteiger partial charge in [0.25, 0.3) is 0 Å². The number of rotatable bonds is 4. The molecule has 1 aliphatic rings. The van der Waals surface area contributed by atoms with Crippen LogP contribution in [-0.4, -0.2) is 27.4 Å². The molecule has 12 rings (SSSR count). The van der Waals surface area contributed by atoms with Gasteiger partial charge in [0, 0.05) is 67.4 Å². The first-order valence-electron chi connectivity index (χ1n) is 20.0. The minimum absolute atomic E-state index is 0.206. The summed E-state index contributed by atoms with van der Waals surface area (Å²) in [6.45, 7) is -2.07. The second kappa shape index (κ2) is 11.3. The molecular formula is C49H33N5O. The summed E-state index contributed by atoms with van der Waals surface area (Å²) >= 11 is 0. The van der Waals surface area contributed by atoms with Crippen molar-refractivity contribution in [1.82, 2.24) is 13.8 Å². The molecule has 0 atom stereocenters. The minimum atomic E-state index is -2.27. The lowest BCUT2D eigenvalue weighted by Gasteiger charge is -2.20. The first-order chi connectivity index (χ1) is 28.4. The third-order valence-corrected chi connectivity index (χ3v) is 11.3. The van der Waals surface area contributed by atoms with Gasteiger partial charge in [0.1, 0.15) is 17.1 Å². The van der Waals surface area contributed by atoms with E-state index in [1.54, 1.807) is 0 Å². The van der Waals surface area contributed by atoms with Crippen LogP contribution in [0, 0.1) is 0 Å². The Bertz CT molecular complexity index is 3480. The zero-order valence-corrected chi connectivity index (χ0v) is 29.5. The van der Waals surface area contributed by atoms with E-state index in [0.29, 0.717) is 17.2 Å². The van der Waals surface area contributed by atoms with Crippen molar-refractivity contribution in [3.05, 3.63) is 170 Å². The third-order valence-electron chi connectivity index (χ3n) is 11.3. The number of hydrogen-bond donors (Lipinski definition) is 0. The molecule has 7 aromatic carbocycles. The lowest BCUT2D eigenvalue weighted by Crippen LogP contribution is -2.23. The first kappa shape index (κ1) is 27.3. The molecule has 0 aliphatic carbocycles. The summed E-state index contributed by atoms with van der Waals surface area (Å²) in [7, 11) is 0. The summed E-state index contributed by atoms with van der Waals surface area (Å²) in [6.07, 6.45) is 1.88. The summed E-state index contributed by atoms with van der Waals surface area (Å²) < 4.78 is 36.0. The van der Waals surface area contributed by atoms with Gasteiger partial charge in [0.05, 0.1) is 45.6 Å². The van der Waals surface area contributed by atoms with Crippen molar-refractivity contribution >= 4 is 82.6 Å². The van der Waals surface area contributed by atoms with Crippen LogP contribution < -0.4 is 14.5 Å². The Hall–Kier alpha value is -7.31. The molecule has 0 bridgehead atoms. The van der Waals surface area contributed by atoms with Gasteiger partial charge in [-0.2, -0.15) is 0 Å². The Morgan fingerprint density at radius 1 is 0.509 bits per heavy atom. The Morgan fingerprint density at radius 2 is 1.25 bits per heavy atom. The highest BCUT2D eigenvalue weighted by Gasteiger charge is 2.25.